The van der Waals surface area contributed by atoms with Crippen LogP contribution < -0.4 is 5.48 Å². The van der Waals surface area contributed by atoms with Crippen LogP contribution in [0, 0.1) is 0 Å². The second kappa shape index (κ2) is 5.28. The SMILES string of the molecule is C=C(Br)CNOCC. The van der Waals surface area contributed by atoms with Gasteiger partial charge in [0.2, 0.25) is 0 Å². The Hall–Kier alpha value is 0.140. The number of rotatable bonds is 4. The van der Waals surface area contributed by atoms with Crippen LogP contribution in [0.15, 0.2) is 11.1 Å². The molecule has 8 heavy (non-hydrogen) atoms. The van der Waals surface area contributed by atoms with Gasteiger partial charge in [-0.2, -0.15) is 5.48 Å². The Morgan fingerprint density at radius 3 is 2.88 bits per heavy atom. The lowest BCUT2D eigenvalue weighted by molar-refractivity contribution is 0.0584. The summed E-state index contributed by atoms with van der Waals surface area (Å²) in [4.78, 5) is 4.80. The molecule has 0 spiro atoms. The molecule has 0 fully saturated rings. The summed E-state index contributed by atoms with van der Waals surface area (Å²) in [6.45, 7) is 6.86. The van der Waals surface area contributed by atoms with E-state index >= 15 is 0 Å². The molecule has 0 heterocycles. The summed E-state index contributed by atoms with van der Waals surface area (Å²) in [6.07, 6.45) is 0. The van der Waals surface area contributed by atoms with Gasteiger partial charge in [0, 0.05) is 4.48 Å². The maximum atomic E-state index is 4.80. The molecule has 0 unspecified atom stereocenters. The van der Waals surface area contributed by atoms with Crippen molar-refractivity contribution in [2.75, 3.05) is 13.2 Å². The standard InChI is InChI=1S/C5H10BrNO/c1-3-8-7-4-5(2)6/h7H,2-4H2,1H3. The van der Waals surface area contributed by atoms with Gasteiger partial charge in [-0.05, 0) is 6.92 Å². The van der Waals surface area contributed by atoms with Gasteiger partial charge in [-0.1, -0.05) is 22.5 Å². The van der Waals surface area contributed by atoms with Crippen LogP contribution in [0.25, 0.3) is 0 Å². The minimum Gasteiger partial charge on any atom is -0.302 e. The van der Waals surface area contributed by atoms with Gasteiger partial charge in [0.25, 0.3) is 0 Å². The average Bonchev–Trinajstić information content (AvgIpc) is 1.66. The Labute approximate surface area is 58.0 Å². The summed E-state index contributed by atoms with van der Waals surface area (Å²) in [5.41, 5.74) is 2.69. The molecule has 0 aliphatic heterocycles. The topological polar surface area (TPSA) is 21.3 Å². The normalized spacial score (nSPS) is 9.25. The Bertz CT molecular complexity index is 74.8. The van der Waals surface area contributed by atoms with E-state index in [2.05, 4.69) is 28.0 Å². The molecule has 0 amide bonds. The van der Waals surface area contributed by atoms with Crippen molar-refractivity contribution in [3.05, 3.63) is 11.1 Å². The van der Waals surface area contributed by atoms with E-state index in [0.29, 0.717) is 13.2 Å². The minimum absolute atomic E-state index is 0.661. The average molecular weight is 180 g/mol. The van der Waals surface area contributed by atoms with Gasteiger partial charge in [-0.25, -0.2) is 0 Å². The maximum Gasteiger partial charge on any atom is 0.0654 e. The summed E-state index contributed by atoms with van der Waals surface area (Å²) >= 11 is 3.17. The van der Waals surface area contributed by atoms with Crippen LogP contribution in [0.5, 0.6) is 0 Å². The van der Waals surface area contributed by atoms with Gasteiger partial charge < -0.3 is 4.84 Å². The molecule has 3 heteroatoms. The van der Waals surface area contributed by atoms with Crippen molar-refractivity contribution in [2.45, 2.75) is 6.92 Å². The van der Waals surface area contributed by atoms with Crippen LogP contribution in [0.2, 0.25) is 0 Å². The molecule has 0 bridgehead atoms. The Morgan fingerprint density at radius 2 is 2.50 bits per heavy atom. The van der Waals surface area contributed by atoms with Gasteiger partial charge in [0.1, 0.15) is 0 Å². The van der Waals surface area contributed by atoms with Crippen molar-refractivity contribution in [1.29, 1.82) is 0 Å². The third-order valence-corrected chi connectivity index (χ3v) is 0.791. The second-order valence-electron chi connectivity index (χ2n) is 1.27. The molecule has 0 saturated carbocycles. The fourth-order valence-corrected chi connectivity index (χ4v) is 0.346. The minimum atomic E-state index is 0.661. The zero-order chi connectivity index (χ0) is 6.41. The quantitative estimate of drug-likeness (QED) is 0.522. The zero-order valence-electron chi connectivity index (χ0n) is 4.91. The van der Waals surface area contributed by atoms with E-state index in [4.69, 9.17) is 4.84 Å². The van der Waals surface area contributed by atoms with Crippen LogP contribution in [-0.2, 0) is 4.84 Å². The van der Waals surface area contributed by atoms with Crippen LogP contribution in [0.1, 0.15) is 6.92 Å². The first-order chi connectivity index (χ1) is 3.77. The van der Waals surface area contributed by atoms with Gasteiger partial charge in [0.05, 0.1) is 13.2 Å². The van der Waals surface area contributed by atoms with E-state index in [1.54, 1.807) is 0 Å². The number of hydrogen-bond donors (Lipinski definition) is 1. The molecule has 0 saturated heterocycles. The monoisotopic (exact) mass is 179 g/mol. The lowest BCUT2D eigenvalue weighted by Crippen LogP contribution is -2.15. The molecule has 0 aliphatic carbocycles. The van der Waals surface area contributed by atoms with Crippen molar-refractivity contribution in [1.82, 2.24) is 5.48 Å². The molecule has 48 valence electrons. The summed E-state index contributed by atoms with van der Waals surface area (Å²) in [5.74, 6) is 0. The molecular weight excluding hydrogens is 170 g/mol. The molecule has 1 N–H and O–H groups in total. The highest BCUT2D eigenvalue weighted by atomic mass is 79.9. The van der Waals surface area contributed by atoms with E-state index in [-0.39, 0.29) is 0 Å². The van der Waals surface area contributed by atoms with E-state index < -0.39 is 0 Å². The van der Waals surface area contributed by atoms with Crippen LogP contribution in [-0.4, -0.2) is 13.2 Å². The molecule has 0 aromatic carbocycles. The predicted molar refractivity (Wildman–Crippen MR) is 37.7 cm³/mol. The molecule has 0 radical (unpaired) electrons. The first-order valence-electron chi connectivity index (χ1n) is 2.45. The molecule has 0 atom stereocenters. The lowest BCUT2D eigenvalue weighted by atomic mass is 10.7. The third-order valence-electron chi connectivity index (χ3n) is 0.510. The van der Waals surface area contributed by atoms with Crippen LogP contribution >= 0.6 is 15.9 Å². The van der Waals surface area contributed by atoms with Crippen molar-refractivity contribution >= 4 is 15.9 Å². The second-order valence-corrected chi connectivity index (χ2v) is 2.39. The number of nitrogens with one attached hydrogen (secondary N) is 1. The van der Waals surface area contributed by atoms with E-state index in [1.165, 1.54) is 0 Å². The van der Waals surface area contributed by atoms with Crippen molar-refractivity contribution in [3.63, 3.8) is 0 Å². The van der Waals surface area contributed by atoms with Crippen molar-refractivity contribution in [2.24, 2.45) is 0 Å². The Kier molecular flexibility index (Phi) is 5.37. The van der Waals surface area contributed by atoms with Crippen molar-refractivity contribution in [3.8, 4) is 0 Å². The van der Waals surface area contributed by atoms with Gasteiger partial charge in [0.15, 0.2) is 0 Å². The first kappa shape index (κ1) is 8.14. The van der Waals surface area contributed by atoms with Crippen molar-refractivity contribution < 1.29 is 4.84 Å². The summed E-state index contributed by atoms with van der Waals surface area (Å²) in [6, 6.07) is 0. The fraction of sp³-hybridized carbons (Fsp3) is 0.600. The number of halogens is 1. The molecule has 0 aliphatic rings. The zero-order valence-corrected chi connectivity index (χ0v) is 6.49. The Balaban J connectivity index is 2.82. The van der Waals surface area contributed by atoms with Gasteiger partial charge in [-0.3, -0.25) is 0 Å². The number of hydrogen-bond acceptors (Lipinski definition) is 2. The summed E-state index contributed by atoms with van der Waals surface area (Å²) in [5, 5.41) is 0. The largest absolute Gasteiger partial charge is 0.302 e. The molecule has 2 nitrogen and oxygen atoms in total. The summed E-state index contributed by atoms with van der Waals surface area (Å²) < 4.78 is 0.894. The molecular formula is C5H10BrNO. The van der Waals surface area contributed by atoms with E-state index in [1.807, 2.05) is 6.92 Å². The van der Waals surface area contributed by atoms with E-state index in [0.717, 1.165) is 4.48 Å². The number of hydroxylamine groups is 1. The highest BCUT2D eigenvalue weighted by Gasteiger charge is 1.83. The third kappa shape index (κ3) is 6.14. The lowest BCUT2D eigenvalue weighted by Gasteiger charge is -1.99. The van der Waals surface area contributed by atoms with Gasteiger partial charge >= 0.3 is 0 Å². The van der Waals surface area contributed by atoms with Crippen LogP contribution in [0.3, 0.4) is 0 Å². The maximum absolute atomic E-state index is 4.80. The highest BCUT2D eigenvalue weighted by molar-refractivity contribution is 9.11. The highest BCUT2D eigenvalue weighted by Crippen LogP contribution is 1.95. The molecule has 0 aromatic rings. The summed E-state index contributed by atoms with van der Waals surface area (Å²) in [7, 11) is 0. The van der Waals surface area contributed by atoms with Crippen LogP contribution in [0.4, 0.5) is 0 Å². The van der Waals surface area contributed by atoms with E-state index in [9.17, 15) is 0 Å². The Morgan fingerprint density at radius 1 is 1.88 bits per heavy atom. The molecule has 0 rings (SSSR count). The predicted octanol–water partition coefficient (Wildman–Crippen LogP) is 1.44. The molecule has 0 aromatic heterocycles. The first-order valence-corrected chi connectivity index (χ1v) is 3.24. The van der Waals surface area contributed by atoms with Gasteiger partial charge in [-0.15, -0.1) is 0 Å². The fourth-order valence-electron chi connectivity index (χ4n) is 0.231. The smallest absolute Gasteiger partial charge is 0.0654 e.